The lowest BCUT2D eigenvalue weighted by molar-refractivity contribution is 0.601. The number of pyridine rings is 1. The molecule has 0 bridgehead atoms. The van der Waals surface area contributed by atoms with E-state index in [1.165, 1.54) is 12.3 Å². The van der Waals surface area contributed by atoms with Crippen LogP contribution in [0.25, 0.3) is 0 Å². The number of anilines is 2. The second-order valence-electron chi connectivity index (χ2n) is 4.16. The lowest BCUT2D eigenvalue weighted by atomic mass is 10.2. The van der Waals surface area contributed by atoms with Crippen LogP contribution in [0.15, 0.2) is 44.3 Å². The zero-order valence-electron chi connectivity index (χ0n) is 10.4. The number of hydrogen-bond acceptors (Lipinski definition) is 4. The van der Waals surface area contributed by atoms with Gasteiger partial charge in [-0.1, -0.05) is 15.9 Å². The Kier molecular flexibility index (Phi) is 4.36. The number of nitrogen functional groups attached to an aromatic ring is 1. The van der Waals surface area contributed by atoms with Crippen molar-refractivity contribution in [3.05, 3.63) is 45.0 Å². The Labute approximate surface area is 133 Å². The van der Waals surface area contributed by atoms with Crippen molar-refractivity contribution in [3.8, 4) is 0 Å². The molecular weight excluding hydrogens is 410 g/mol. The van der Waals surface area contributed by atoms with Gasteiger partial charge >= 0.3 is 0 Å². The molecule has 2 aromatic rings. The van der Waals surface area contributed by atoms with E-state index in [-0.39, 0.29) is 10.7 Å². The number of aryl methyl sites for hydroxylation is 1. The number of nitrogens with two attached hydrogens (primary N) is 1. The first-order valence-electron chi connectivity index (χ1n) is 5.49. The van der Waals surface area contributed by atoms with Crippen LogP contribution in [0.1, 0.15) is 5.56 Å². The summed E-state index contributed by atoms with van der Waals surface area (Å²) in [7, 11) is -3.79. The molecule has 106 valence electrons. The van der Waals surface area contributed by atoms with Gasteiger partial charge in [-0.15, -0.1) is 0 Å². The molecule has 0 fully saturated rings. The summed E-state index contributed by atoms with van der Waals surface area (Å²) in [5.74, 6) is -0.0487. The van der Waals surface area contributed by atoms with E-state index in [0.717, 1.165) is 10.0 Å². The number of aromatic nitrogens is 1. The monoisotopic (exact) mass is 419 g/mol. The maximum atomic E-state index is 12.3. The van der Waals surface area contributed by atoms with Gasteiger partial charge in [-0.2, -0.15) is 0 Å². The predicted molar refractivity (Wildman–Crippen MR) is 86.0 cm³/mol. The van der Waals surface area contributed by atoms with Crippen molar-refractivity contribution < 1.29 is 8.42 Å². The van der Waals surface area contributed by atoms with Gasteiger partial charge in [-0.25, -0.2) is 13.4 Å². The number of benzene rings is 1. The van der Waals surface area contributed by atoms with Crippen molar-refractivity contribution in [2.45, 2.75) is 11.8 Å². The minimum absolute atomic E-state index is 0.0487. The predicted octanol–water partition coefficient (Wildman–Crippen LogP) is 3.30. The van der Waals surface area contributed by atoms with Gasteiger partial charge in [0.2, 0.25) is 0 Å². The summed E-state index contributed by atoms with van der Waals surface area (Å²) in [4.78, 5) is 3.76. The van der Waals surface area contributed by atoms with Crippen molar-refractivity contribution >= 4 is 53.4 Å². The van der Waals surface area contributed by atoms with E-state index in [1.54, 1.807) is 12.1 Å². The number of rotatable bonds is 3. The highest BCUT2D eigenvalue weighted by Gasteiger charge is 2.19. The molecule has 0 spiro atoms. The molecule has 0 atom stereocenters. The number of nitrogens with zero attached hydrogens (tertiary/aromatic N) is 1. The number of hydrogen-bond donors (Lipinski definition) is 2. The first kappa shape index (κ1) is 15.3. The van der Waals surface area contributed by atoms with Gasteiger partial charge < -0.3 is 5.73 Å². The summed E-state index contributed by atoms with van der Waals surface area (Å²) in [6.45, 7) is 1.87. The normalized spacial score (nSPS) is 11.3. The first-order valence-corrected chi connectivity index (χ1v) is 8.56. The average Bonchev–Trinajstić information content (AvgIpc) is 2.30. The Morgan fingerprint density at radius 3 is 2.50 bits per heavy atom. The molecule has 0 amide bonds. The summed E-state index contributed by atoms with van der Waals surface area (Å²) < 4.78 is 28.5. The van der Waals surface area contributed by atoms with Crippen molar-refractivity contribution in [2.75, 3.05) is 10.5 Å². The Morgan fingerprint density at radius 2 is 1.85 bits per heavy atom. The Bertz CT molecular complexity index is 743. The van der Waals surface area contributed by atoms with Crippen molar-refractivity contribution in [1.29, 1.82) is 0 Å². The molecule has 0 radical (unpaired) electrons. The third-order valence-corrected chi connectivity index (χ3v) is 4.73. The summed E-state index contributed by atoms with van der Waals surface area (Å²) in [6.07, 6.45) is 1.44. The third kappa shape index (κ3) is 3.50. The zero-order chi connectivity index (χ0) is 14.9. The molecule has 3 N–H and O–H groups in total. The van der Waals surface area contributed by atoms with Crippen LogP contribution >= 0.6 is 31.9 Å². The zero-order valence-corrected chi connectivity index (χ0v) is 14.4. The SMILES string of the molecule is Cc1cc(Br)cc(NS(=O)(=O)c2cc(Br)cnc2N)c1. The van der Waals surface area contributed by atoms with Gasteiger partial charge in [0.25, 0.3) is 10.0 Å². The van der Waals surface area contributed by atoms with Gasteiger partial charge in [-0.3, -0.25) is 4.72 Å². The molecule has 5 nitrogen and oxygen atoms in total. The molecule has 0 saturated heterocycles. The molecule has 0 aliphatic carbocycles. The van der Waals surface area contributed by atoms with E-state index < -0.39 is 10.0 Å². The number of nitrogens with one attached hydrogen (secondary N) is 1. The van der Waals surface area contributed by atoms with Crippen LogP contribution in [0.2, 0.25) is 0 Å². The fourth-order valence-corrected chi connectivity index (χ4v) is 3.89. The molecule has 1 heterocycles. The Morgan fingerprint density at radius 1 is 1.15 bits per heavy atom. The van der Waals surface area contributed by atoms with E-state index in [1.807, 2.05) is 13.0 Å². The molecule has 1 aromatic carbocycles. The minimum Gasteiger partial charge on any atom is -0.383 e. The van der Waals surface area contributed by atoms with Gasteiger partial charge in [-0.05, 0) is 52.7 Å². The Balaban J connectivity index is 2.43. The Hall–Kier alpha value is -1.12. The van der Waals surface area contributed by atoms with Gasteiger partial charge in [0.1, 0.15) is 10.7 Å². The fraction of sp³-hybridized carbons (Fsp3) is 0.0833. The second-order valence-corrected chi connectivity index (χ2v) is 7.64. The smallest absolute Gasteiger partial charge is 0.265 e. The van der Waals surface area contributed by atoms with Crippen LogP contribution in [0.4, 0.5) is 11.5 Å². The molecule has 0 saturated carbocycles. The summed E-state index contributed by atoms with van der Waals surface area (Å²) in [5.41, 5.74) is 7.01. The van der Waals surface area contributed by atoms with E-state index >= 15 is 0 Å². The maximum absolute atomic E-state index is 12.3. The van der Waals surface area contributed by atoms with Crippen LogP contribution in [0.5, 0.6) is 0 Å². The van der Waals surface area contributed by atoms with Crippen LogP contribution in [-0.2, 0) is 10.0 Å². The fourth-order valence-electron chi connectivity index (χ4n) is 1.65. The quantitative estimate of drug-likeness (QED) is 0.797. The third-order valence-electron chi connectivity index (χ3n) is 2.43. The minimum atomic E-state index is -3.79. The highest BCUT2D eigenvalue weighted by atomic mass is 79.9. The van der Waals surface area contributed by atoms with E-state index in [0.29, 0.717) is 10.2 Å². The van der Waals surface area contributed by atoms with E-state index in [4.69, 9.17) is 5.73 Å². The van der Waals surface area contributed by atoms with Crippen LogP contribution in [0, 0.1) is 6.92 Å². The molecule has 2 rings (SSSR count). The lowest BCUT2D eigenvalue weighted by Gasteiger charge is -2.11. The average molecular weight is 421 g/mol. The van der Waals surface area contributed by atoms with E-state index in [2.05, 4.69) is 41.6 Å². The molecule has 20 heavy (non-hydrogen) atoms. The largest absolute Gasteiger partial charge is 0.383 e. The van der Waals surface area contributed by atoms with Gasteiger partial charge in [0, 0.05) is 15.1 Å². The number of sulfonamides is 1. The van der Waals surface area contributed by atoms with Crippen molar-refractivity contribution in [3.63, 3.8) is 0 Å². The van der Waals surface area contributed by atoms with Crippen LogP contribution in [0.3, 0.4) is 0 Å². The topological polar surface area (TPSA) is 85.1 Å². The molecule has 1 aromatic heterocycles. The van der Waals surface area contributed by atoms with Crippen LogP contribution < -0.4 is 10.5 Å². The molecule has 8 heteroatoms. The summed E-state index contributed by atoms with van der Waals surface area (Å²) in [5, 5.41) is 0. The van der Waals surface area contributed by atoms with Crippen molar-refractivity contribution in [2.24, 2.45) is 0 Å². The summed E-state index contributed by atoms with van der Waals surface area (Å²) >= 11 is 6.50. The first-order chi connectivity index (χ1) is 9.28. The molecule has 0 aliphatic heterocycles. The van der Waals surface area contributed by atoms with Gasteiger partial charge in [0.05, 0.1) is 5.69 Å². The standard InChI is InChI=1S/C12H11Br2N3O2S/c1-7-2-8(13)4-10(3-7)17-20(18,19)11-5-9(14)6-16-12(11)15/h2-6,17H,1H3,(H2,15,16). The molecular formula is C12H11Br2N3O2S. The van der Waals surface area contributed by atoms with Crippen LogP contribution in [-0.4, -0.2) is 13.4 Å². The molecule has 0 aliphatic rings. The molecule has 0 unspecified atom stereocenters. The van der Waals surface area contributed by atoms with Gasteiger partial charge in [0.15, 0.2) is 0 Å². The highest BCUT2D eigenvalue weighted by molar-refractivity contribution is 9.10. The second kappa shape index (κ2) is 5.71. The highest BCUT2D eigenvalue weighted by Crippen LogP contribution is 2.25. The number of halogens is 2. The lowest BCUT2D eigenvalue weighted by Crippen LogP contribution is -2.15. The van der Waals surface area contributed by atoms with Crippen molar-refractivity contribution in [1.82, 2.24) is 4.98 Å². The summed E-state index contributed by atoms with van der Waals surface area (Å²) in [6, 6.07) is 6.69. The maximum Gasteiger partial charge on any atom is 0.265 e. The van der Waals surface area contributed by atoms with E-state index in [9.17, 15) is 8.42 Å².